The Bertz CT molecular complexity index is 891. The molecule has 30 heavy (non-hydrogen) atoms. The average Bonchev–Trinajstić information content (AvgIpc) is 3.09. The zero-order valence-electron chi connectivity index (χ0n) is 17.8. The predicted octanol–water partition coefficient (Wildman–Crippen LogP) is 2.45. The van der Waals surface area contributed by atoms with Gasteiger partial charge < -0.3 is 9.80 Å². The van der Waals surface area contributed by atoms with Crippen LogP contribution < -0.4 is 0 Å². The summed E-state index contributed by atoms with van der Waals surface area (Å²) in [6, 6.07) is 13.3. The minimum atomic E-state index is -0.412. The maximum atomic E-state index is 13.4. The molecule has 2 aliphatic heterocycles. The van der Waals surface area contributed by atoms with Crippen molar-refractivity contribution in [2.75, 3.05) is 32.7 Å². The van der Waals surface area contributed by atoms with Crippen LogP contribution in [0.2, 0.25) is 0 Å². The van der Waals surface area contributed by atoms with Crippen molar-refractivity contribution in [1.29, 1.82) is 0 Å². The monoisotopic (exact) mass is 406 g/mol. The molecule has 0 spiro atoms. The van der Waals surface area contributed by atoms with Gasteiger partial charge >= 0.3 is 0 Å². The van der Waals surface area contributed by atoms with E-state index in [4.69, 9.17) is 0 Å². The Labute approximate surface area is 178 Å². The standard InChI is InChI=1S/C24H30N4O2/c1-18(2)22(28-17-19-7-3-4-9-21(19)23(28)29)24(30)27-15-13-26(14-16-27)12-10-20-8-5-6-11-25-20/h3-9,11,18,22H,10,12-17H2,1-2H3. The summed E-state index contributed by atoms with van der Waals surface area (Å²) in [7, 11) is 0. The Morgan fingerprint density at radius 3 is 2.43 bits per heavy atom. The number of amides is 2. The molecule has 158 valence electrons. The van der Waals surface area contributed by atoms with Crippen LogP contribution >= 0.6 is 0 Å². The second-order valence-electron chi connectivity index (χ2n) is 8.52. The van der Waals surface area contributed by atoms with Gasteiger partial charge in [-0.05, 0) is 29.7 Å². The summed E-state index contributed by atoms with van der Waals surface area (Å²) in [4.78, 5) is 36.8. The smallest absolute Gasteiger partial charge is 0.255 e. The van der Waals surface area contributed by atoms with Crippen molar-refractivity contribution in [3.63, 3.8) is 0 Å². The van der Waals surface area contributed by atoms with E-state index in [0.29, 0.717) is 19.6 Å². The normalized spacial score (nSPS) is 18.0. The van der Waals surface area contributed by atoms with E-state index in [2.05, 4.69) is 16.0 Å². The molecular weight excluding hydrogens is 376 g/mol. The van der Waals surface area contributed by atoms with Crippen molar-refractivity contribution in [3.05, 3.63) is 65.5 Å². The molecule has 1 saturated heterocycles. The molecule has 0 N–H and O–H groups in total. The number of fused-ring (bicyclic) bond motifs is 1. The fraction of sp³-hybridized carbons (Fsp3) is 0.458. The minimum Gasteiger partial charge on any atom is -0.338 e. The predicted molar refractivity (Wildman–Crippen MR) is 116 cm³/mol. The summed E-state index contributed by atoms with van der Waals surface area (Å²) in [5, 5.41) is 0. The summed E-state index contributed by atoms with van der Waals surface area (Å²) in [6.07, 6.45) is 2.75. The average molecular weight is 407 g/mol. The molecule has 0 saturated carbocycles. The Hall–Kier alpha value is -2.73. The van der Waals surface area contributed by atoms with E-state index in [1.165, 1.54) is 0 Å². The third-order valence-electron chi connectivity index (χ3n) is 6.16. The molecule has 2 aliphatic rings. The number of hydrogen-bond donors (Lipinski definition) is 0. The van der Waals surface area contributed by atoms with E-state index in [9.17, 15) is 9.59 Å². The van der Waals surface area contributed by atoms with E-state index >= 15 is 0 Å². The van der Waals surface area contributed by atoms with Gasteiger partial charge in [0.2, 0.25) is 5.91 Å². The van der Waals surface area contributed by atoms with Gasteiger partial charge in [0.15, 0.2) is 0 Å². The highest BCUT2D eigenvalue weighted by atomic mass is 16.2. The Morgan fingerprint density at radius 1 is 1.03 bits per heavy atom. The van der Waals surface area contributed by atoms with Crippen LogP contribution in [-0.2, 0) is 17.8 Å². The molecular formula is C24H30N4O2. The molecule has 6 heteroatoms. The van der Waals surface area contributed by atoms with Crippen LogP contribution in [0.15, 0.2) is 48.7 Å². The lowest BCUT2D eigenvalue weighted by Crippen LogP contribution is -2.56. The Morgan fingerprint density at radius 2 is 1.77 bits per heavy atom. The summed E-state index contributed by atoms with van der Waals surface area (Å²) in [6.45, 7) is 8.66. The van der Waals surface area contributed by atoms with E-state index in [0.717, 1.165) is 42.9 Å². The van der Waals surface area contributed by atoms with Gasteiger partial charge in [-0.2, -0.15) is 0 Å². The fourth-order valence-electron chi connectivity index (χ4n) is 4.48. The van der Waals surface area contributed by atoms with Crippen molar-refractivity contribution in [1.82, 2.24) is 19.7 Å². The third-order valence-corrected chi connectivity index (χ3v) is 6.16. The summed E-state index contributed by atoms with van der Waals surface area (Å²) in [5.74, 6) is 0.125. The second-order valence-corrected chi connectivity index (χ2v) is 8.52. The molecule has 0 aliphatic carbocycles. The number of carbonyl (C=O) groups is 2. The highest BCUT2D eigenvalue weighted by Gasteiger charge is 2.40. The Balaban J connectivity index is 1.36. The maximum Gasteiger partial charge on any atom is 0.255 e. The number of piperazine rings is 1. The molecule has 3 heterocycles. The van der Waals surface area contributed by atoms with E-state index < -0.39 is 6.04 Å². The van der Waals surface area contributed by atoms with Crippen LogP contribution in [0.1, 0.15) is 35.5 Å². The number of carbonyl (C=O) groups excluding carboxylic acids is 2. The second kappa shape index (κ2) is 8.96. The van der Waals surface area contributed by atoms with Gasteiger partial charge in [0, 0.05) is 63.1 Å². The lowest BCUT2D eigenvalue weighted by Gasteiger charge is -2.39. The van der Waals surface area contributed by atoms with Crippen LogP contribution in [0.3, 0.4) is 0 Å². The first-order valence-electron chi connectivity index (χ1n) is 10.8. The molecule has 6 nitrogen and oxygen atoms in total. The number of rotatable bonds is 6. The van der Waals surface area contributed by atoms with Gasteiger partial charge in [-0.15, -0.1) is 0 Å². The first-order chi connectivity index (χ1) is 14.5. The zero-order chi connectivity index (χ0) is 21.1. The Kier molecular flexibility index (Phi) is 6.13. The summed E-state index contributed by atoms with van der Waals surface area (Å²) >= 11 is 0. The van der Waals surface area contributed by atoms with Crippen LogP contribution in [0.5, 0.6) is 0 Å². The largest absolute Gasteiger partial charge is 0.338 e. The first kappa shape index (κ1) is 20.5. The number of hydrogen-bond acceptors (Lipinski definition) is 4. The molecule has 0 bridgehead atoms. The van der Waals surface area contributed by atoms with Crippen molar-refractivity contribution in [3.8, 4) is 0 Å². The highest BCUT2D eigenvalue weighted by molar-refractivity contribution is 6.01. The molecule has 4 rings (SSSR count). The van der Waals surface area contributed by atoms with Crippen LogP contribution in [0.25, 0.3) is 0 Å². The van der Waals surface area contributed by atoms with E-state index in [1.807, 2.05) is 61.3 Å². The topological polar surface area (TPSA) is 56.8 Å². The van der Waals surface area contributed by atoms with Crippen molar-refractivity contribution < 1.29 is 9.59 Å². The lowest BCUT2D eigenvalue weighted by atomic mass is 10.0. The number of nitrogens with zero attached hydrogens (tertiary/aromatic N) is 4. The summed E-state index contributed by atoms with van der Waals surface area (Å²) in [5.41, 5.74) is 2.85. The molecule has 1 aromatic heterocycles. The van der Waals surface area contributed by atoms with Gasteiger partial charge in [0.25, 0.3) is 5.91 Å². The zero-order valence-corrected chi connectivity index (χ0v) is 17.8. The fourth-order valence-corrected chi connectivity index (χ4v) is 4.48. The SMILES string of the molecule is CC(C)C(C(=O)N1CCN(CCc2ccccn2)CC1)N1Cc2ccccc2C1=O. The van der Waals surface area contributed by atoms with Crippen molar-refractivity contribution >= 4 is 11.8 Å². The third kappa shape index (κ3) is 4.24. The van der Waals surface area contributed by atoms with Gasteiger partial charge in [0.05, 0.1) is 0 Å². The van der Waals surface area contributed by atoms with Crippen LogP contribution in [-0.4, -0.2) is 70.3 Å². The molecule has 0 radical (unpaired) electrons. The van der Waals surface area contributed by atoms with Crippen molar-refractivity contribution in [2.45, 2.75) is 32.9 Å². The van der Waals surface area contributed by atoms with E-state index in [1.54, 1.807) is 4.90 Å². The number of benzene rings is 1. The number of aromatic nitrogens is 1. The molecule has 1 unspecified atom stereocenters. The van der Waals surface area contributed by atoms with Gasteiger partial charge in [-0.1, -0.05) is 38.1 Å². The molecule has 2 aromatic rings. The maximum absolute atomic E-state index is 13.4. The van der Waals surface area contributed by atoms with Crippen molar-refractivity contribution in [2.24, 2.45) is 5.92 Å². The minimum absolute atomic E-state index is 0.0216. The molecule has 2 amide bonds. The van der Waals surface area contributed by atoms with Gasteiger partial charge in [-0.3, -0.25) is 19.5 Å². The summed E-state index contributed by atoms with van der Waals surface area (Å²) < 4.78 is 0. The molecule has 1 fully saturated rings. The highest BCUT2D eigenvalue weighted by Crippen LogP contribution is 2.28. The van der Waals surface area contributed by atoms with Gasteiger partial charge in [-0.25, -0.2) is 0 Å². The van der Waals surface area contributed by atoms with Gasteiger partial charge in [0.1, 0.15) is 6.04 Å². The van der Waals surface area contributed by atoms with Crippen LogP contribution in [0, 0.1) is 5.92 Å². The van der Waals surface area contributed by atoms with Crippen LogP contribution in [0.4, 0.5) is 0 Å². The molecule has 1 atom stereocenters. The molecule has 1 aromatic carbocycles. The lowest BCUT2D eigenvalue weighted by molar-refractivity contribution is -0.139. The number of pyridine rings is 1. The quantitative estimate of drug-likeness (QED) is 0.740. The first-order valence-corrected chi connectivity index (χ1v) is 10.8. The van der Waals surface area contributed by atoms with E-state index in [-0.39, 0.29) is 17.7 Å².